The maximum atomic E-state index is 12.3. The SMILES string of the molecule is COc1ccccc1-c1cc([C@H]2CN3CC[C@H]2C[C@@H]3COC(=O)NC2CCCCC2)n(C)n1. The van der Waals surface area contributed by atoms with Gasteiger partial charge in [0.1, 0.15) is 12.4 Å². The molecule has 7 heteroatoms. The normalized spacial score (nSPS) is 27.3. The molecule has 6 rings (SSSR count). The lowest BCUT2D eigenvalue weighted by Gasteiger charge is -2.49. The quantitative estimate of drug-likeness (QED) is 0.706. The van der Waals surface area contributed by atoms with Crippen molar-refractivity contribution >= 4 is 6.09 Å². The van der Waals surface area contributed by atoms with Crippen molar-refractivity contribution in [2.24, 2.45) is 13.0 Å². The standard InChI is InChI=1S/C26H36N4O3/c1-29-24(15-23(28-29)21-10-6-7-11-25(21)32-2)22-16-30-13-12-18(22)14-20(30)17-33-26(31)27-19-8-4-3-5-9-19/h6-7,10-11,15,18-20,22H,3-5,8-9,12-14,16-17H2,1-2H3,(H,27,31)/t18-,20+,22-/m0/s1. The molecule has 33 heavy (non-hydrogen) atoms. The van der Waals surface area contributed by atoms with Crippen LogP contribution in [-0.2, 0) is 11.8 Å². The summed E-state index contributed by atoms with van der Waals surface area (Å²) < 4.78 is 13.3. The average molecular weight is 453 g/mol. The number of hydrogen-bond donors (Lipinski definition) is 1. The van der Waals surface area contributed by atoms with Gasteiger partial charge in [-0.2, -0.15) is 5.10 Å². The molecule has 1 aromatic heterocycles. The van der Waals surface area contributed by atoms with E-state index in [0.717, 1.165) is 49.4 Å². The monoisotopic (exact) mass is 452 g/mol. The number of alkyl carbamates (subject to hydrolysis) is 1. The maximum Gasteiger partial charge on any atom is 0.407 e. The van der Waals surface area contributed by atoms with Crippen LogP contribution in [0.15, 0.2) is 30.3 Å². The number of methoxy groups -OCH3 is 1. The lowest BCUT2D eigenvalue weighted by atomic mass is 9.74. The number of para-hydroxylation sites is 1. The van der Waals surface area contributed by atoms with Gasteiger partial charge in [0.2, 0.25) is 0 Å². The second-order valence-corrected chi connectivity index (χ2v) is 9.90. The van der Waals surface area contributed by atoms with Crippen molar-refractivity contribution < 1.29 is 14.3 Å². The molecule has 4 atom stereocenters. The van der Waals surface area contributed by atoms with Gasteiger partial charge in [0.15, 0.2) is 0 Å². The van der Waals surface area contributed by atoms with Crippen LogP contribution in [0.1, 0.15) is 56.6 Å². The Morgan fingerprint density at radius 3 is 2.76 bits per heavy atom. The number of rotatable bonds is 6. The fourth-order valence-corrected chi connectivity index (χ4v) is 6.09. The van der Waals surface area contributed by atoms with E-state index in [2.05, 4.69) is 22.3 Å². The van der Waals surface area contributed by atoms with Crippen LogP contribution < -0.4 is 10.1 Å². The molecule has 178 valence electrons. The molecule has 3 saturated heterocycles. The Morgan fingerprint density at radius 2 is 2.00 bits per heavy atom. The van der Waals surface area contributed by atoms with Gasteiger partial charge in [-0.3, -0.25) is 9.58 Å². The zero-order valence-corrected chi connectivity index (χ0v) is 19.8. The van der Waals surface area contributed by atoms with Crippen molar-refractivity contribution in [3.63, 3.8) is 0 Å². The molecule has 1 saturated carbocycles. The van der Waals surface area contributed by atoms with Gasteiger partial charge in [0.25, 0.3) is 0 Å². The summed E-state index contributed by atoms with van der Waals surface area (Å²) in [6.07, 6.45) is 7.86. The topological polar surface area (TPSA) is 68.6 Å². The number of amides is 1. The zero-order chi connectivity index (χ0) is 22.8. The van der Waals surface area contributed by atoms with Crippen LogP contribution in [0.4, 0.5) is 4.79 Å². The number of hydrogen-bond acceptors (Lipinski definition) is 5. The number of fused-ring (bicyclic) bond motifs is 3. The van der Waals surface area contributed by atoms with Crippen molar-refractivity contribution in [3.05, 3.63) is 36.0 Å². The smallest absolute Gasteiger partial charge is 0.407 e. The summed E-state index contributed by atoms with van der Waals surface area (Å²) in [4.78, 5) is 14.8. The first kappa shape index (κ1) is 22.3. The minimum atomic E-state index is -0.241. The third-order valence-electron chi connectivity index (χ3n) is 7.89. The van der Waals surface area contributed by atoms with Gasteiger partial charge in [-0.25, -0.2) is 4.79 Å². The number of nitrogens with zero attached hydrogens (tertiary/aromatic N) is 3. The minimum absolute atomic E-state index is 0.241. The van der Waals surface area contributed by atoms with Gasteiger partial charge in [-0.1, -0.05) is 31.4 Å². The van der Waals surface area contributed by atoms with Gasteiger partial charge in [-0.05, 0) is 56.3 Å². The average Bonchev–Trinajstić information content (AvgIpc) is 3.25. The summed E-state index contributed by atoms with van der Waals surface area (Å²) in [7, 11) is 3.75. The summed E-state index contributed by atoms with van der Waals surface area (Å²) in [5.74, 6) is 1.89. The van der Waals surface area contributed by atoms with Gasteiger partial charge in [0.05, 0.1) is 12.8 Å². The number of nitrogens with one attached hydrogen (secondary N) is 1. The van der Waals surface area contributed by atoms with Gasteiger partial charge in [0, 0.05) is 42.9 Å². The van der Waals surface area contributed by atoms with Crippen LogP contribution in [0.5, 0.6) is 5.75 Å². The second-order valence-electron chi connectivity index (χ2n) is 9.90. The van der Waals surface area contributed by atoms with E-state index >= 15 is 0 Å². The highest BCUT2D eigenvalue weighted by Crippen LogP contribution is 2.43. The predicted octanol–water partition coefficient (Wildman–Crippen LogP) is 4.33. The predicted molar refractivity (Wildman–Crippen MR) is 127 cm³/mol. The molecule has 1 amide bonds. The number of aryl methyl sites for hydroxylation is 1. The van der Waals surface area contributed by atoms with Gasteiger partial charge >= 0.3 is 6.09 Å². The Labute approximate surface area is 196 Å². The first-order chi connectivity index (χ1) is 16.1. The number of carbonyl (C=O) groups excluding carboxylic acids is 1. The number of aromatic nitrogens is 2. The molecular weight excluding hydrogens is 416 g/mol. The number of carbonyl (C=O) groups is 1. The Balaban J connectivity index is 1.21. The molecule has 4 aliphatic rings. The van der Waals surface area contributed by atoms with E-state index in [9.17, 15) is 4.79 Å². The number of benzene rings is 1. The fourth-order valence-electron chi connectivity index (χ4n) is 6.09. The lowest BCUT2D eigenvalue weighted by Crippen LogP contribution is -2.54. The van der Waals surface area contributed by atoms with Crippen LogP contribution in [0, 0.1) is 5.92 Å². The molecule has 1 N–H and O–H groups in total. The first-order valence-electron chi connectivity index (χ1n) is 12.5. The molecule has 7 nitrogen and oxygen atoms in total. The van der Waals surface area contributed by atoms with Gasteiger partial charge < -0.3 is 14.8 Å². The van der Waals surface area contributed by atoms with Crippen molar-refractivity contribution in [2.75, 3.05) is 26.8 Å². The van der Waals surface area contributed by atoms with E-state index in [-0.39, 0.29) is 6.09 Å². The van der Waals surface area contributed by atoms with Crippen LogP contribution in [0.3, 0.4) is 0 Å². The molecule has 0 radical (unpaired) electrons. The van der Waals surface area contributed by atoms with Crippen LogP contribution >= 0.6 is 0 Å². The molecule has 2 bridgehead atoms. The van der Waals surface area contributed by atoms with Crippen LogP contribution in [0.2, 0.25) is 0 Å². The third kappa shape index (κ3) is 4.74. The summed E-state index contributed by atoms with van der Waals surface area (Å²) in [5, 5.41) is 7.89. The maximum absolute atomic E-state index is 12.3. The molecule has 4 heterocycles. The Morgan fingerprint density at radius 1 is 1.18 bits per heavy atom. The highest BCUT2D eigenvalue weighted by molar-refractivity contribution is 5.68. The molecule has 2 aromatic rings. The summed E-state index contributed by atoms with van der Waals surface area (Å²) in [6, 6.07) is 10.9. The second kappa shape index (κ2) is 9.75. The largest absolute Gasteiger partial charge is 0.496 e. The van der Waals surface area contributed by atoms with E-state index in [1.165, 1.54) is 31.4 Å². The molecule has 1 unspecified atom stereocenters. The van der Waals surface area contributed by atoms with Crippen molar-refractivity contribution in [1.29, 1.82) is 0 Å². The van der Waals surface area contributed by atoms with E-state index in [1.807, 2.05) is 29.9 Å². The fraction of sp³-hybridized carbons (Fsp3) is 0.615. The van der Waals surface area contributed by atoms with Gasteiger partial charge in [-0.15, -0.1) is 0 Å². The first-order valence-corrected chi connectivity index (χ1v) is 12.5. The molecule has 1 aromatic carbocycles. The Kier molecular flexibility index (Phi) is 6.58. The van der Waals surface area contributed by atoms with Crippen molar-refractivity contribution in [2.45, 2.75) is 62.9 Å². The molecule has 3 aliphatic heterocycles. The lowest BCUT2D eigenvalue weighted by molar-refractivity contribution is -0.00471. The van der Waals surface area contributed by atoms with Crippen molar-refractivity contribution in [3.8, 4) is 17.0 Å². The third-order valence-corrected chi connectivity index (χ3v) is 7.89. The Hall–Kier alpha value is -2.54. The van der Waals surface area contributed by atoms with E-state index in [0.29, 0.717) is 30.5 Å². The van der Waals surface area contributed by atoms with Crippen LogP contribution in [0.25, 0.3) is 11.3 Å². The van der Waals surface area contributed by atoms with Crippen LogP contribution in [-0.4, -0.2) is 59.7 Å². The Bertz CT molecular complexity index is 968. The van der Waals surface area contributed by atoms with E-state index < -0.39 is 0 Å². The van der Waals surface area contributed by atoms with E-state index in [1.54, 1.807) is 7.11 Å². The molecule has 4 fully saturated rings. The summed E-state index contributed by atoms with van der Waals surface area (Å²) >= 11 is 0. The van der Waals surface area contributed by atoms with Crippen molar-refractivity contribution in [1.82, 2.24) is 20.0 Å². The highest BCUT2D eigenvalue weighted by Gasteiger charge is 2.42. The highest BCUT2D eigenvalue weighted by atomic mass is 16.5. The van der Waals surface area contributed by atoms with E-state index in [4.69, 9.17) is 14.6 Å². The number of piperidine rings is 3. The molecule has 1 aliphatic carbocycles. The molecular formula is C26H36N4O3. The minimum Gasteiger partial charge on any atom is -0.496 e. The molecule has 0 spiro atoms. The summed E-state index contributed by atoms with van der Waals surface area (Å²) in [6.45, 7) is 2.56. The number of ether oxygens (including phenoxy) is 2. The summed E-state index contributed by atoms with van der Waals surface area (Å²) in [5.41, 5.74) is 3.26. The zero-order valence-electron chi connectivity index (χ0n) is 19.8.